The molecule has 0 bridgehead atoms. The number of benzene rings is 2. The zero-order valence-electron chi connectivity index (χ0n) is 11.6. The second kappa shape index (κ2) is 6.41. The summed E-state index contributed by atoms with van der Waals surface area (Å²) in [7, 11) is 0. The number of hydrogen-bond acceptors (Lipinski definition) is 4. The zero-order chi connectivity index (χ0) is 14.5. The monoisotopic (exact) mass is 270 g/mol. The van der Waals surface area contributed by atoms with Crippen LogP contribution in [0, 0.1) is 0 Å². The van der Waals surface area contributed by atoms with Crippen LogP contribution >= 0.6 is 0 Å². The summed E-state index contributed by atoms with van der Waals surface area (Å²) in [5.74, 6) is 0. The van der Waals surface area contributed by atoms with Gasteiger partial charge >= 0.3 is 0 Å². The lowest BCUT2D eigenvalue weighted by molar-refractivity contribution is 0.199. The molecule has 104 valence electrons. The third-order valence-corrected chi connectivity index (χ3v) is 3.04. The van der Waals surface area contributed by atoms with Crippen molar-refractivity contribution in [3.05, 3.63) is 59.7 Å². The first kappa shape index (κ1) is 14.4. The largest absolute Gasteiger partial charge is 0.389 e. The van der Waals surface area contributed by atoms with Crippen LogP contribution in [0.25, 0.3) is 0 Å². The Morgan fingerprint density at radius 1 is 0.700 bits per heavy atom. The summed E-state index contributed by atoms with van der Waals surface area (Å²) in [6, 6.07) is 14.6. The van der Waals surface area contributed by atoms with E-state index in [9.17, 15) is 10.2 Å². The van der Waals surface area contributed by atoms with Crippen molar-refractivity contribution in [2.45, 2.75) is 26.1 Å². The minimum atomic E-state index is -0.600. The van der Waals surface area contributed by atoms with Gasteiger partial charge in [-0.3, -0.25) is 0 Å². The lowest BCUT2D eigenvalue weighted by atomic mass is 10.1. The van der Waals surface area contributed by atoms with Gasteiger partial charge in [-0.25, -0.2) is 0 Å². The maximum Gasteiger partial charge on any atom is 0.0914 e. The summed E-state index contributed by atoms with van der Waals surface area (Å²) in [5.41, 5.74) is 2.71. The van der Waals surface area contributed by atoms with Crippen molar-refractivity contribution in [3.8, 4) is 0 Å². The first-order chi connectivity index (χ1) is 9.59. The van der Waals surface area contributed by atoms with Crippen molar-refractivity contribution in [1.29, 1.82) is 0 Å². The molecule has 2 aromatic rings. The quantitative estimate of drug-likeness (QED) is 0.817. The van der Waals surface area contributed by atoms with Crippen molar-refractivity contribution in [3.63, 3.8) is 0 Å². The highest BCUT2D eigenvalue weighted by Gasteiger charge is 2.08. The van der Waals surface area contributed by atoms with E-state index in [0.29, 0.717) is 11.4 Å². The molecular formula is C16H18N2O2. The maximum atomic E-state index is 9.70. The summed E-state index contributed by atoms with van der Waals surface area (Å²) in [6.45, 7) is 3.39. The highest BCUT2D eigenvalue weighted by atomic mass is 16.3. The maximum absolute atomic E-state index is 9.70. The standard InChI is InChI=1S/C16H18N2O2/c1-11(19)13-7-3-5-9-15(13)17-18-16-10-6-4-8-14(16)12(2)20/h3-12,19-20H,1-2H3/b18-17+. The number of hydrogen-bond donors (Lipinski definition) is 2. The van der Waals surface area contributed by atoms with Gasteiger partial charge in [-0.15, -0.1) is 0 Å². The molecule has 2 atom stereocenters. The summed E-state index contributed by atoms with van der Waals surface area (Å²) in [5, 5.41) is 27.8. The molecule has 0 aliphatic carbocycles. The molecule has 0 heterocycles. The number of nitrogens with zero attached hydrogens (tertiary/aromatic N) is 2. The molecule has 0 amide bonds. The average Bonchev–Trinajstić information content (AvgIpc) is 2.45. The van der Waals surface area contributed by atoms with Crippen LogP contribution in [0.15, 0.2) is 58.8 Å². The molecule has 0 aliphatic rings. The van der Waals surface area contributed by atoms with Gasteiger partial charge in [0.05, 0.1) is 23.6 Å². The van der Waals surface area contributed by atoms with E-state index in [1.807, 2.05) is 36.4 Å². The Labute approximate surface area is 118 Å². The number of aliphatic hydroxyl groups is 2. The van der Waals surface area contributed by atoms with Crippen LogP contribution < -0.4 is 0 Å². The molecule has 0 aromatic heterocycles. The van der Waals surface area contributed by atoms with Crippen molar-refractivity contribution >= 4 is 11.4 Å². The summed E-state index contributed by atoms with van der Waals surface area (Å²) >= 11 is 0. The number of azo groups is 1. The topological polar surface area (TPSA) is 65.2 Å². The fourth-order valence-electron chi connectivity index (χ4n) is 1.97. The Morgan fingerprint density at radius 3 is 1.40 bits per heavy atom. The van der Waals surface area contributed by atoms with Crippen LogP contribution in [0.3, 0.4) is 0 Å². The molecule has 4 heteroatoms. The molecule has 2 N–H and O–H groups in total. The molecule has 0 fully saturated rings. The molecule has 2 aromatic carbocycles. The van der Waals surface area contributed by atoms with E-state index in [-0.39, 0.29) is 0 Å². The molecule has 0 saturated heterocycles. The fraction of sp³-hybridized carbons (Fsp3) is 0.250. The van der Waals surface area contributed by atoms with Gasteiger partial charge in [0.15, 0.2) is 0 Å². The van der Waals surface area contributed by atoms with E-state index in [0.717, 1.165) is 11.1 Å². The Kier molecular flexibility index (Phi) is 4.61. The normalized spacial score (nSPS) is 14.4. The third kappa shape index (κ3) is 3.29. The molecule has 0 spiro atoms. The van der Waals surface area contributed by atoms with Crippen molar-refractivity contribution in [1.82, 2.24) is 0 Å². The van der Waals surface area contributed by atoms with E-state index in [4.69, 9.17) is 0 Å². The van der Waals surface area contributed by atoms with Crippen LogP contribution in [0.4, 0.5) is 11.4 Å². The van der Waals surface area contributed by atoms with Crippen LogP contribution in [0.2, 0.25) is 0 Å². The van der Waals surface area contributed by atoms with Gasteiger partial charge in [0.2, 0.25) is 0 Å². The van der Waals surface area contributed by atoms with Crippen LogP contribution in [0.5, 0.6) is 0 Å². The van der Waals surface area contributed by atoms with Gasteiger partial charge in [0, 0.05) is 11.1 Å². The first-order valence-corrected chi connectivity index (χ1v) is 6.55. The minimum absolute atomic E-state index is 0.600. The van der Waals surface area contributed by atoms with E-state index in [1.165, 1.54) is 0 Å². The summed E-state index contributed by atoms with van der Waals surface area (Å²) < 4.78 is 0. The van der Waals surface area contributed by atoms with Crippen molar-refractivity contribution < 1.29 is 10.2 Å². The van der Waals surface area contributed by atoms with Gasteiger partial charge < -0.3 is 10.2 Å². The molecule has 4 nitrogen and oxygen atoms in total. The highest BCUT2D eigenvalue weighted by molar-refractivity contribution is 5.49. The first-order valence-electron chi connectivity index (χ1n) is 6.55. The molecule has 2 unspecified atom stereocenters. The zero-order valence-corrected chi connectivity index (χ0v) is 11.6. The van der Waals surface area contributed by atoms with Crippen LogP contribution in [-0.2, 0) is 0 Å². The smallest absolute Gasteiger partial charge is 0.0914 e. The summed E-state index contributed by atoms with van der Waals surface area (Å²) in [4.78, 5) is 0. The predicted octanol–water partition coefficient (Wildman–Crippen LogP) is 4.21. The molecule has 2 rings (SSSR count). The van der Waals surface area contributed by atoms with E-state index < -0.39 is 12.2 Å². The lowest BCUT2D eigenvalue weighted by Crippen LogP contribution is -1.91. The van der Waals surface area contributed by atoms with Crippen molar-refractivity contribution in [2.75, 3.05) is 0 Å². The summed E-state index contributed by atoms with van der Waals surface area (Å²) in [6.07, 6.45) is -1.20. The molecule has 0 aliphatic heterocycles. The molecule has 0 saturated carbocycles. The van der Waals surface area contributed by atoms with E-state index >= 15 is 0 Å². The Morgan fingerprint density at radius 2 is 1.05 bits per heavy atom. The Bertz CT molecular complexity index is 553. The second-order valence-electron chi connectivity index (χ2n) is 4.67. The van der Waals surface area contributed by atoms with Gasteiger partial charge in [-0.2, -0.15) is 10.2 Å². The fourth-order valence-corrected chi connectivity index (χ4v) is 1.97. The average molecular weight is 270 g/mol. The van der Waals surface area contributed by atoms with Crippen molar-refractivity contribution in [2.24, 2.45) is 10.2 Å². The minimum Gasteiger partial charge on any atom is -0.389 e. The third-order valence-electron chi connectivity index (χ3n) is 3.04. The second-order valence-corrected chi connectivity index (χ2v) is 4.67. The Hall–Kier alpha value is -2.04. The predicted molar refractivity (Wildman–Crippen MR) is 78.3 cm³/mol. The highest BCUT2D eigenvalue weighted by Crippen LogP contribution is 2.30. The Balaban J connectivity index is 2.35. The molecule has 0 radical (unpaired) electrons. The van der Waals surface area contributed by atoms with Gasteiger partial charge in [-0.1, -0.05) is 36.4 Å². The van der Waals surface area contributed by atoms with Gasteiger partial charge in [-0.05, 0) is 26.0 Å². The van der Waals surface area contributed by atoms with E-state index in [2.05, 4.69) is 10.2 Å². The SMILES string of the molecule is CC(O)c1ccccc1/N=N/c1ccccc1C(C)O. The molecule has 20 heavy (non-hydrogen) atoms. The van der Waals surface area contributed by atoms with Crippen LogP contribution in [0.1, 0.15) is 37.2 Å². The van der Waals surface area contributed by atoms with Crippen LogP contribution in [-0.4, -0.2) is 10.2 Å². The lowest BCUT2D eigenvalue weighted by Gasteiger charge is -2.08. The van der Waals surface area contributed by atoms with Gasteiger partial charge in [0.25, 0.3) is 0 Å². The van der Waals surface area contributed by atoms with Gasteiger partial charge in [0.1, 0.15) is 0 Å². The number of rotatable bonds is 4. The number of aliphatic hydroxyl groups excluding tert-OH is 2. The molecular weight excluding hydrogens is 252 g/mol. The van der Waals surface area contributed by atoms with E-state index in [1.54, 1.807) is 26.0 Å².